The molecule has 2 aromatic carbocycles. The molecule has 0 N–H and O–H groups in total. The lowest BCUT2D eigenvalue weighted by molar-refractivity contribution is 0.689. The lowest BCUT2D eigenvalue weighted by Crippen LogP contribution is -2.08. The highest BCUT2D eigenvalue weighted by Crippen LogP contribution is 2.34. The van der Waals surface area contributed by atoms with Crippen molar-refractivity contribution in [1.29, 1.82) is 0 Å². The van der Waals surface area contributed by atoms with Crippen molar-refractivity contribution in [2.45, 2.75) is 13.0 Å². The van der Waals surface area contributed by atoms with E-state index in [1.807, 2.05) is 0 Å². The summed E-state index contributed by atoms with van der Waals surface area (Å²) in [4.78, 5) is 0. The average molecular weight is 326 g/mol. The highest BCUT2D eigenvalue weighted by atomic mass is 79.9. The standard InChI is InChI=1S/C18H15N.BrH/c1-2-6-14(7-3-1)16-12-18-17-9-5-4-8-15(17)10-11-19(18)13-16;/h1-9,12-13H,10-11H2;1H. The number of hydrogen-bond acceptors (Lipinski definition) is 0. The highest BCUT2D eigenvalue weighted by Gasteiger charge is 2.16. The van der Waals surface area contributed by atoms with Gasteiger partial charge in [-0.1, -0.05) is 54.6 Å². The molecule has 1 aliphatic heterocycles. The van der Waals surface area contributed by atoms with Crippen LogP contribution < -0.4 is 0 Å². The molecular weight excluding hydrogens is 310 g/mol. The van der Waals surface area contributed by atoms with Gasteiger partial charge < -0.3 is 4.57 Å². The minimum Gasteiger partial charge on any atom is -0.347 e. The van der Waals surface area contributed by atoms with E-state index in [0.717, 1.165) is 13.0 Å². The van der Waals surface area contributed by atoms with Gasteiger partial charge in [0.15, 0.2) is 0 Å². The maximum Gasteiger partial charge on any atom is 0.0489 e. The summed E-state index contributed by atoms with van der Waals surface area (Å²) in [5.74, 6) is 0. The van der Waals surface area contributed by atoms with Gasteiger partial charge in [0.05, 0.1) is 0 Å². The molecule has 0 spiro atoms. The van der Waals surface area contributed by atoms with Gasteiger partial charge in [-0.2, -0.15) is 0 Å². The molecule has 0 amide bonds. The van der Waals surface area contributed by atoms with Crippen molar-refractivity contribution in [2.24, 2.45) is 0 Å². The average Bonchev–Trinajstić information content (AvgIpc) is 2.93. The van der Waals surface area contributed by atoms with Crippen molar-refractivity contribution in [3.63, 3.8) is 0 Å². The van der Waals surface area contributed by atoms with Gasteiger partial charge in [-0.3, -0.25) is 0 Å². The topological polar surface area (TPSA) is 4.93 Å². The Bertz CT molecular complexity index is 728. The largest absolute Gasteiger partial charge is 0.347 e. The molecule has 0 radical (unpaired) electrons. The SMILES string of the molecule is Br.c1ccc(-c2cc3n(c2)CCc2ccccc2-3)cc1. The molecule has 1 nitrogen and oxygen atoms in total. The van der Waals surface area contributed by atoms with Crippen LogP contribution in [0, 0.1) is 0 Å². The molecule has 0 saturated carbocycles. The second-order valence-electron chi connectivity index (χ2n) is 5.08. The first-order valence-corrected chi connectivity index (χ1v) is 6.76. The van der Waals surface area contributed by atoms with Gasteiger partial charge in [0, 0.05) is 24.0 Å². The maximum atomic E-state index is 2.38. The van der Waals surface area contributed by atoms with Crippen molar-refractivity contribution in [1.82, 2.24) is 4.57 Å². The number of hydrogen-bond donors (Lipinski definition) is 0. The monoisotopic (exact) mass is 325 g/mol. The molecule has 0 aliphatic carbocycles. The number of aryl methyl sites for hydroxylation is 2. The number of nitrogens with zero attached hydrogens (tertiary/aromatic N) is 1. The molecule has 0 saturated heterocycles. The Hall–Kier alpha value is -1.80. The summed E-state index contributed by atoms with van der Waals surface area (Å²) >= 11 is 0. The molecule has 3 aromatic rings. The third-order valence-corrected chi connectivity index (χ3v) is 3.92. The van der Waals surface area contributed by atoms with Crippen LogP contribution in [0.25, 0.3) is 22.4 Å². The summed E-state index contributed by atoms with van der Waals surface area (Å²) in [5, 5.41) is 0. The number of benzene rings is 2. The Morgan fingerprint density at radius 1 is 0.800 bits per heavy atom. The van der Waals surface area contributed by atoms with Crippen molar-refractivity contribution in [3.8, 4) is 22.4 Å². The third-order valence-electron chi connectivity index (χ3n) is 3.92. The predicted octanol–water partition coefficient (Wildman–Crippen LogP) is 4.96. The van der Waals surface area contributed by atoms with Crippen LogP contribution in [0.4, 0.5) is 0 Å². The lowest BCUT2D eigenvalue weighted by Gasteiger charge is -2.18. The van der Waals surface area contributed by atoms with Crippen molar-refractivity contribution >= 4 is 17.0 Å². The minimum absolute atomic E-state index is 0. The fraction of sp³-hybridized carbons (Fsp3) is 0.111. The van der Waals surface area contributed by atoms with Gasteiger partial charge in [-0.15, -0.1) is 17.0 Å². The first-order chi connectivity index (χ1) is 9.42. The summed E-state index contributed by atoms with van der Waals surface area (Å²) < 4.78 is 2.38. The zero-order valence-corrected chi connectivity index (χ0v) is 12.8. The second kappa shape index (κ2) is 5.29. The Morgan fingerprint density at radius 3 is 2.40 bits per heavy atom. The van der Waals surface area contributed by atoms with E-state index in [4.69, 9.17) is 0 Å². The summed E-state index contributed by atoms with van der Waals surface area (Å²) in [6.07, 6.45) is 3.41. The van der Waals surface area contributed by atoms with Crippen LogP contribution >= 0.6 is 17.0 Å². The zero-order chi connectivity index (χ0) is 12.7. The van der Waals surface area contributed by atoms with E-state index in [1.54, 1.807) is 0 Å². The quantitative estimate of drug-likeness (QED) is 0.596. The van der Waals surface area contributed by atoms with Crippen molar-refractivity contribution in [2.75, 3.05) is 0 Å². The number of halogens is 1. The Labute approximate surface area is 129 Å². The number of rotatable bonds is 1. The Morgan fingerprint density at radius 2 is 1.55 bits per heavy atom. The van der Waals surface area contributed by atoms with Crippen molar-refractivity contribution in [3.05, 3.63) is 72.4 Å². The number of aromatic nitrogens is 1. The van der Waals surface area contributed by atoms with E-state index >= 15 is 0 Å². The van der Waals surface area contributed by atoms with E-state index in [9.17, 15) is 0 Å². The van der Waals surface area contributed by atoms with E-state index in [0.29, 0.717) is 0 Å². The molecule has 0 fully saturated rings. The third kappa shape index (κ3) is 2.10. The molecular formula is C18H16BrN. The molecule has 0 unspecified atom stereocenters. The van der Waals surface area contributed by atoms with E-state index in [1.165, 1.54) is 27.9 Å². The fourth-order valence-electron chi connectivity index (χ4n) is 2.94. The Balaban J connectivity index is 0.00000121. The summed E-state index contributed by atoms with van der Waals surface area (Å²) in [5.41, 5.74) is 6.80. The maximum absolute atomic E-state index is 2.38. The highest BCUT2D eigenvalue weighted by molar-refractivity contribution is 8.93. The molecule has 1 aromatic heterocycles. The molecule has 0 bridgehead atoms. The fourth-order valence-corrected chi connectivity index (χ4v) is 2.94. The smallest absolute Gasteiger partial charge is 0.0489 e. The molecule has 100 valence electrons. The summed E-state index contributed by atoms with van der Waals surface area (Å²) in [6, 6.07) is 21.7. The summed E-state index contributed by atoms with van der Waals surface area (Å²) in [6.45, 7) is 1.08. The van der Waals surface area contributed by atoms with Crippen LogP contribution in [0.1, 0.15) is 5.56 Å². The lowest BCUT2D eigenvalue weighted by atomic mass is 9.98. The normalized spacial score (nSPS) is 12.2. The molecule has 4 rings (SSSR count). The van der Waals surface area contributed by atoms with E-state index < -0.39 is 0 Å². The molecule has 2 heterocycles. The van der Waals surface area contributed by atoms with Crippen LogP contribution in [0.3, 0.4) is 0 Å². The van der Waals surface area contributed by atoms with Gasteiger partial charge in [0.25, 0.3) is 0 Å². The molecule has 1 aliphatic rings. The van der Waals surface area contributed by atoms with Gasteiger partial charge >= 0.3 is 0 Å². The van der Waals surface area contributed by atoms with Crippen LogP contribution in [0.2, 0.25) is 0 Å². The van der Waals surface area contributed by atoms with Crippen molar-refractivity contribution < 1.29 is 0 Å². The van der Waals surface area contributed by atoms with E-state index in [-0.39, 0.29) is 17.0 Å². The van der Waals surface area contributed by atoms with Gasteiger partial charge in [-0.25, -0.2) is 0 Å². The zero-order valence-electron chi connectivity index (χ0n) is 11.1. The van der Waals surface area contributed by atoms with Crippen LogP contribution in [-0.2, 0) is 13.0 Å². The van der Waals surface area contributed by atoms with Crippen LogP contribution in [0.5, 0.6) is 0 Å². The van der Waals surface area contributed by atoms with Gasteiger partial charge in [-0.05, 0) is 29.2 Å². The first-order valence-electron chi connectivity index (χ1n) is 6.76. The Kier molecular flexibility index (Phi) is 3.49. The second-order valence-corrected chi connectivity index (χ2v) is 5.08. The van der Waals surface area contributed by atoms with Crippen LogP contribution in [0.15, 0.2) is 66.9 Å². The van der Waals surface area contributed by atoms with Crippen LogP contribution in [-0.4, -0.2) is 4.57 Å². The molecule has 20 heavy (non-hydrogen) atoms. The first kappa shape index (κ1) is 13.2. The summed E-state index contributed by atoms with van der Waals surface area (Å²) in [7, 11) is 0. The molecule has 2 heteroatoms. The predicted molar refractivity (Wildman–Crippen MR) is 89.3 cm³/mol. The number of fused-ring (bicyclic) bond motifs is 3. The molecule has 0 atom stereocenters. The van der Waals surface area contributed by atoms with Gasteiger partial charge in [0.2, 0.25) is 0 Å². The van der Waals surface area contributed by atoms with E-state index in [2.05, 4.69) is 71.4 Å². The minimum atomic E-state index is 0. The van der Waals surface area contributed by atoms with Gasteiger partial charge in [0.1, 0.15) is 0 Å².